The molecule has 3 rings (SSSR count). The Labute approximate surface area is 117 Å². The van der Waals surface area contributed by atoms with Crippen molar-refractivity contribution in [1.29, 1.82) is 0 Å². The molecular formula is C15H18N4O. The fourth-order valence-electron chi connectivity index (χ4n) is 2.13. The fraction of sp³-hybridized carbons (Fsp3) is 0.333. The number of benzene rings is 1. The van der Waals surface area contributed by atoms with Crippen LogP contribution >= 0.6 is 0 Å². The highest BCUT2D eigenvalue weighted by Gasteiger charge is 2.29. The van der Waals surface area contributed by atoms with Gasteiger partial charge in [-0.25, -0.2) is 9.97 Å². The van der Waals surface area contributed by atoms with Crippen LogP contribution in [0, 0.1) is 5.92 Å². The van der Waals surface area contributed by atoms with Crippen molar-refractivity contribution in [2.24, 2.45) is 5.92 Å². The molecule has 1 aromatic carbocycles. The molecule has 0 amide bonds. The lowest BCUT2D eigenvalue weighted by molar-refractivity contribution is 0.164. The number of nitrogens with one attached hydrogen (secondary N) is 1. The van der Waals surface area contributed by atoms with Crippen molar-refractivity contribution in [3.05, 3.63) is 36.4 Å². The van der Waals surface area contributed by atoms with E-state index in [0.29, 0.717) is 29.9 Å². The zero-order valence-electron chi connectivity index (χ0n) is 11.2. The molecule has 0 saturated heterocycles. The van der Waals surface area contributed by atoms with Gasteiger partial charge in [0.15, 0.2) is 5.82 Å². The van der Waals surface area contributed by atoms with E-state index in [1.807, 2.05) is 30.3 Å². The first kappa shape index (κ1) is 12.9. The van der Waals surface area contributed by atoms with Crippen molar-refractivity contribution in [3.8, 4) is 11.4 Å². The highest BCUT2D eigenvalue weighted by molar-refractivity contribution is 5.60. The lowest BCUT2D eigenvalue weighted by Gasteiger charge is -2.12. The van der Waals surface area contributed by atoms with E-state index in [1.165, 1.54) is 0 Å². The van der Waals surface area contributed by atoms with Crippen LogP contribution in [-0.2, 0) is 0 Å². The monoisotopic (exact) mass is 270 g/mol. The fourth-order valence-corrected chi connectivity index (χ4v) is 2.13. The molecule has 4 N–H and O–H groups in total. The van der Waals surface area contributed by atoms with Crippen LogP contribution in [0.15, 0.2) is 36.4 Å². The van der Waals surface area contributed by atoms with Crippen molar-refractivity contribution < 1.29 is 5.11 Å². The Balaban J connectivity index is 1.76. The third-order valence-corrected chi connectivity index (χ3v) is 3.44. The van der Waals surface area contributed by atoms with Crippen LogP contribution in [0.1, 0.15) is 12.8 Å². The predicted octanol–water partition coefficient (Wildman–Crippen LogP) is 1.91. The molecule has 0 radical (unpaired) electrons. The van der Waals surface area contributed by atoms with Crippen LogP contribution in [0.5, 0.6) is 0 Å². The van der Waals surface area contributed by atoms with Gasteiger partial charge in [0.05, 0.1) is 6.10 Å². The van der Waals surface area contributed by atoms with Crippen LogP contribution in [0.3, 0.4) is 0 Å². The van der Waals surface area contributed by atoms with E-state index in [1.54, 1.807) is 6.07 Å². The molecule has 1 fully saturated rings. The number of aromatic nitrogens is 2. The largest absolute Gasteiger partial charge is 0.391 e. The second-order valence-electron chi connectivity index (χ2n) is 5.15. The summed E-state index contributed by atoms with van der Waals surface area (Å²) in [5.74, 6) is 2.10. The van der Waals surface area contributed by atoms with E-state index < -0.39 is 0 Å². The maximum Gasteiger partial charge on any atom is 0.163 e. The third-order valence-electron chi connectivity index (χ3n) is 3.44. The Morgan fingerprint density at radius 1 is 1.25 bits per heavy atom. The first-order valence-electron chi connectivity index (χ1n) is 6.84. The third kappa shape index (κ3) is 3.05. The van der Waals surface area contributed by atoms with Crippen molar-refractivity contribution in [2.75, 3.05) is 17.6 Å². The van der Waals surface area contributed by atoms with Gasteiger partial charge in [0, 0.05) is 18.2 Å². The summed E-state index contributed by atoms with van der Waals surface area (Å²) in [7, 11) is 0. The minimum atomic E-state index is -0.314. The predicted molar refractivity (Wildman–Crippen MR) is 79.1 cm³/mol. The Morgan fingerprint density at radius 2 is 2.00 bits per heavy atom. The topological polar surface area (TPSA) is 84.1 Å². The number of hydrogen-bond acceptors (Lipinski definition) is 5. The normalized spacial score (nSPS) is 15.8. The van der Waals surface area contributed by atoms with Crippen molar-refractivity contribution in [3.63, 3.8) is 0 Å². The van der Waals surface area contributed by atoms with Crippen molar-refractivity contribution in [1.82, 2.24) is 9.97 Å². The summed E-state index contributed by atoms with van der Waals surface area (Å²) in [6, 6.07) is 11.4. The van der Waals surface area contributed by atoms with Gasteiger partial charge < -0.3 is 16.2 Å². The molecule has 1 saturated carbocycles. The molecule has 1 atom stereocenters. The van der Waals surface area contributed by atoms with E-state index in [0.717, 1.165) is 18.4 Å². The molecule has 0 spiro atoms. The number of hydrogen-bond donors (Lipinski definition) is 3. The smallest absolute Gasteiger partial charge is 0.163 e. The van der Waals surface area contributed by atoms with Crippen LogP contribution in [0.4, 0.5) is 11.6 Å². The summed E-state index contributed by atoms with van der Waals surface area (Å²) in [4.78, 5) is 8.69. The number of nitrogens with zero attached hydrogens (tertiary/aromatic N) is 2. The van der Waals surface area contributed by atoms with E-state index in [2.05, 4.69) is 15.3 Å². The Morgan fingerprint density at radius 3 is 2.70 bits per heavy atom. The molecule has 1 unspecified atom stereocenters. The van der Waals surface area contributed by atoms with Crippen molar-refractivity contribution in [2.45, 2.75) is 18.9 Å². The summed E-state index contributed by atoms with van der Waals surface area (Å²) < 4.78 is 0. The first-order chi connectivity index (χ1) is 9.72. The Kier molecular flexibility index (Phi) is 3.52. The summed E-state index contributed by atoms with van der Waals surface area (Å²) in [5.41, 5.74) is 6.74. The van der Waals surface area contributed by atoms with Gasteiger partial charge in [-0.1, -0.05) is 30.3 Å². The number of nitrogens with two attached hydrogens (primary N) is 1. The number of nitrogen functional groups attached to an aromatic ring is 1. The summed E-state index contributed by atoms with van der Waals surface area (Å²) in [5, 5.41) is 13.0. The standard InChI is InChI=1S/C15H18N4O/c16-13-8-14(17-9-12(20)10-6-7-10)19-15(18-13)11-4-2-1-3-5-11/h1-5,8,10,12,20H,6-7,9H2,(H3,16,17,18,19). The highest BCUT2D eigenvalue weighted by Crippen LogP contribution is 2.32. The lowest BCUT2D eigenvalue weighted by atomic mass is 10.2. The summed E-state index contributed by atoms with van der Waals surface area (Å²) >= 11 is 0. The summed E-state index contributed by atoms with van der Waals surface area (Å²) in [6.07, 6.45) is 1.92. The molecule has 1 heterocycles. The number of anilines is 2. The molecule has 0 bridgehead atoms. The molecule has 20 heavy (non-hydrogen) atoms. The molecule has 104 valence electrons. The molecule has 1 aliphatic rings. The minimum Gasteiger partial charge on any atom is -0.391 e. The highest BCUT2D eigenvalue weighted by atomic mass is 16.3. The first-order valence-corrected chi connectivity index (χ1v) is 6.84. The summed E-state index contributed by atoms with van der Waals surface area (Å²) in [6.45, 7) is 0.495. The van der Waals surface area contributed by atoms with Gasteiger partial charge in [0.2, 0.25) is 0 Å². The maximum absolute atomic E-state index is 9.87. The van der Waals surface area contributed by atoms with E-state index in [-0.39, 0.29) is 6.10 Å². The minimum absolute atomic E-state index is 0.314. The van der Waals surface area contributed by atoms with E-state index in [4.69, 9.17) is 5.73 Å². The Hall–Kier alpha value is -2.14. The molecule has 5 heteroatoms. The van der Waals surface area contributed by atoms with Gasteiger partial charge in [-0.15, -0.1) is 0 Å². The van der Waals surface area contributed by atoms with E-state index >= 15 is 0 Å². The van der Waals surface area contributed by atoms with E-state index in [9.17, 15) is 5.11 Å². The van der Waals surface area contributed by atoms with Gasteiger partial charge in [0.1, 0.15) is 11.6 Å². The van der Waals surface area contributed by atoms with Crippen LogP contribution < -0.4 is 11.1 Å². The van der Waals surface area contributed by atoms with Crippen LogP contribution in [0.25, 0.3) is 11.4 Å². The second kappa shape index (κ2) is 5.46. The average Bonchev–Trinajstić information content (AvgIpc) is 3.30. The molecule has 2 aromatic rings. The maximum atomic E-state index is 9.87. The SMILES string of the molecule is Nc1cc(NCC(O)C2CC2)nc(-c2ccccc2)n1. The molecule has 1 aliphatic carbocycles. The van der Waals surface area contributed by atoms with Gasteiger partial charge >= 0.3 is 0 Å². The van der Waals surface area contributed by atoms with Crippen LogP contribution in [0.2, 0.25) is 0 Å². The zero-order valence-corrected chi connectivity index (χ0v) is 11.2. The van der Waals surface area contributed by atoms with Crippen molar-refractivity contribution >= 4 is 11.6 Å². The van der Waals surface area contributed by atoms with Crippen LogP contribution in [-0.4, -0.2) is 27.7 Å². The molecule has 5 nitrogen and oxygen atoms in total. The number of aliphatic hydroxyl groups is 1. The lowest BCUT2D eigenvalue weighted by Crippen LogP contribution is -2.22. The van der Waals surface area contributed by atoms with Gasteiger partial charge in [-0.3, -0.25) is 0 Å². The number of rotatable bonds is 5. The Bertz CT molecular complexity index is 584. The zero-order chi connectivity index (χ0) is 13.9. The molecular weight excluding hydrogens is 252 g/mol. The van der Waals surface area contributed by atoms with Gasteiger partial charge in [0.25, 0.3) is 0 Å². The number of aliphatic hydroxyl groups excluding tert-OH is 1. The average molecular weight is 270 g/mol. The van der Waals surface area contributed by atoms with Gasteiger partial charge in [-0.2, -0.15) is 0 Å². The molecule has 0 aliphatic heterocycles. The second-order valence-corrected chi connectivity index (χ2v) is 5.15. The quantitative estimate of drug-likeness (QED) is 0.773. The van der Waals surface area contributed by atoms with Gasteiger partial charge in [-0.05, 0) is 18.8 Å². The molecule has 1 aromatic heterocycles.